The summed E-state index contributed by atoms with van der Waals surface area (Å²) < 4.78 is 25.2. The average molecular weight is 162 g/mol. The van der Waals surface area contributed by atoms with Crippen molar-refractivity contribution in [2.45, 2.75) is 30.8 Å². The van der Waals surface area contributed by atoms with E-state index in [1.54, 1.807) is 0 Å². The van der Waals surface area contributed by atoms with Crippen LogP contribution in [0.3, 0.4) is 0 Å². The van der Waals surface area contributed by atoms with Gasteiger partial charge in [0, 0.05) is 12.8 Å². The monoisotopic (exact) mass is 162 g/mol. The molecule has 2 fully saturated rings. The van der Waals surface area contributed by atoms with Crippen molar-refractivity contribution < 1.29 is 13.6 Å². The summed E-state index contributed by atoms with van der Waals surface area (Å²) in [7, 11) is 0. The van der Waals surface area contributed by atoms with E-state index in [0.29, 0.717) is 0 Å². The van der Waals surface area contributed by atoms with Crippen LogP contribution in [0.25, 0.3) is 0 Å². The van der Waals surface area contributed by atoms with Crippen molar-refractivity contribution in [1.29, 1.82) is 0 Å². The largest absolute Gasteiger partial charge is 0.333 e. The number of hydrogen-bond donors (Lipinski definition) is 2. The number of alkyl halides is 2. The number of urea groups is 1. The number of fused-ring (bicyclic) bond motifs is 1. The highest BCUT2D eigenvalue weighted by Gasteiger charge is 2.50. The quantitative estimate of drug-likeness (QED) is 0.534. The summed E-state index contributed by atoms with van der Waals surface area (Å²) in [4.78, 5) is 10.6. The van der Waals surface area contributed by atoms with E-state index in [1.807, 2.05) is 0 Å². The summed E-state index contributed by atoms with van der Waals surface area (Å²) >= 11 is 0. The predicted octanol–water partition coefficient (Wildman–Crippen LogP) is 0.466. The van der Waals surface area contributed by atoms with Crippen LogP contribution in [0, 0.1) is 0 Å². The highest BCUT2D eigenvalue weighted by Crippen LogP contribution is 2.36. The Morgan fingerprint density at radius 1 is 1.27 bits per heavy atom. The second kappa shape index (κ2) is 1.84. The molecule has 1 saturated heterocycles. The van der Waals surface area contributed by atoms with Crippen molar-refractivity contribution in [1.82, 2.24) is 10.6 Å². The maximum absolute atomic E-state index is 12.6. The number of rotatable bonds is 0. The van der Waals surface area contributed by atoms with Gasteiger partial charge < -0.3 is 10.6 Å². The fourth-order valence-corrected chi connectivity index (χ4v) is 1.69. The van der Waals surface area contributed by atoms with E-state index in [2.05, 4.69) is 10.6 Å². The molecule has 2 aliphatic rings. The van der Waals surface area contributed by atoms with Gasteiger partial charge in [-0.2, -0.15) is 0 Å². The van der Waals surface area contributed by atoms with Gasteiger partial charge in [-0.1, -0.05) is 0 Å². The molecule has 2 atom stereocenters. The molecular weight excluding hydrogens is 154 g/mol. The molecule has 0 aromatic heterocycles. The minimum absolute atomic E-state index is 0.226. The summed E-state index contributed by atoms with van der Waals surface area (Å²) in [6, 6.07) is -1.05. The van der Waals surface area contributed by atoms with Crippen LogP contribution < -0.4 is 10.6 Å². The van der Waals surface area contributed by atoms with Gasteiger partial charge in [-0.15, -0.1) is 0 Å². The molecule has 0 radical (unpaired) electrons. The fraction of sp³-hybridized carbons (Fsp3) is 0.833. The van der Waals surface area contributed by atoms with Crippen molar-refractivity contribution in [3.05, 3.63) is 0 Å². The third-order valence-corrected chi connectivity index (χ3v) is 2.16. The minimum Gasteiger partial charge on any atom is -0.333 e. The van der Waals surface area contributed by atoms with Crippen molar-refractivity contribution in [3.63, 3.8) is 0 Å². The van der Waals surface area contributed by atoms with Crippen LogP contribution in [0.2, 0.25) is 0 Å². The lowest BCUT2D eigenvalue weighted by atomic mass is 10.2. The van der Waals surface area contributed by atoms with E-state index >= 15 is 0 Å². The van der Waals surface area contributed by atoms with Gasteiger partial charge in [0.25, 0.3) is 5.92 Å². The van der Waals surface area contributed by atoms with E-state index in [0.717, 1.165) is 0 Å². The molecule has 2 unspecified atom stereocenters. The highest BCUT2D eigenvalue weighted by molar-refractivity contribution is 5.77. The number of amides is 2. The number of carbonyl (C=O) groups excluding carboxylic acids is 1. The van der Waals surface area contributed by atoms with Crippen LogP contribution in [-0.2, 0) is 0 Å². The molecule has 0 aromatic carbocycles. The first-order valence-corrected chi connectivity index (χ1v) is 3.52. The zero-order chi connectivity index (χ0) is 8.06. The van der Waals surface area contributed by atoms with Crippen LogP contribution in [0.4, 0.5) is 13.6 Å². The van der Waals surface area contributed by atoms with Crippen molar-refractivity contribution in [2.75, 3.05) is 0 Å². The third kappa shape index (κ3) is 1.04. The number of hydrogen-bond acceptors (Lipinski definition) is 1. The summed E-state index contributed by atoms with van der Waals surface area (Å²) in [6.45, 7) is 0. The lowest BCUT2D eigenvalue weighted by Gasteiger charge is -2.08. The summed E-state index contributed by atoms with van der Waals surface area (Å²) in [5.74, 6) is -2.60. The second-order valence-corrected chi connectivity index (χ2v) is 3.09. The van der Waals surface area contributed by atoms with Gasteiger partial charge in [-0.3, -0.25) is 0 Å². The molecule has 11 heavy (non-hydrogen) atoms. The fourth-order valence-electron chi connectivity index (χ4n) is 1.69. The zero-order valence-electron chi connectivity index (χ0n) is 5.73. The Morgan fingerprint density at radius 2 is 1.73 bits per heavy atom. The third-order valence-electron chi connectivity index (χ3n) is 2.16. The normalized spacial score (nSPS) is 39.6. The van der Waals surface area contributed by atoms with E-state index in [4.69, 9.17) is 0 Å². The molecule has 1 aliphatic carbocycles. The summed E-state index contributed by atoms with van der Waals surface area (Å²) in [5, 5.41) is 4.88. The highest BCUT2D eigenvalue weighted by atomic mass is 19.3. The SMILES string of the molecule is O=C1NC2CC(F)(F)CC2N1. The first kappa shape index (κ1) is 6.82. The predicted molar refractivity (Wildman–Crippen MR) is 33.4 cm³/mol. The van der Waals surface area contributed by atoms with Gasteiger partial charge in [0.1, 0.15) is 0 Å². The molecule has 62 valence electrons. The lowest BCUT2D eigenvalue weighted by Crippen LogP contribution is -2.29. The first-order chi connectivity index (χ1) is 5.07. The Morgan fingerprint density at radius 3 is 2.18 bits per heavy atom. The van der Waals surface area contributed by atoms with Crippen LogP contribution in [0.1, 0.15) is 12.8 Å². The summed E-state index contributed by atoms with van der Waals surface area (Å²) in [5.41, 5.74) is 0. The van der Waals surface area contributed by atoms with E-state index in [1.165, 1.54) is 0 Å². The Kier molecular flexibility index (Phi) is 1.14. The minimum atomic E-state index is -2.60. The van der Waals surface area contributed by atoms with Gasteiger partial charge >= 0.3 is 6.03 Å². The molecule has 1 heterocycles. The van der Waals surface area contributed by atoms with Gasteiger partial charge in [-0.05, 0) is 0 Å². The van der Waals surface area contributed by atoms with Crippen molar-refractivity contribution in [3.8, 4) is 0 Å². The Balaban J connectivity index is 2.09. The van der Waals surface area contributed by atoms with Gasteiger partial charge in [0.2, 0.25) is 0 Å². The van der Waals surface area contributed by atoms with Crippen molar-refractivity contribution in [2.24, 2.45) is 0 Å². The molecule has 1 aliphatic heterocycles. The molecule has 5 heteroatoms. The first-order valence-electron chi connectivity index (χ1n) is 3.52. The smallest absolute Gasteiger partial charge is 0.315 e. The average Bonchev–Trinajstić information content (AvgIpc) is 2.17. The van der Waals surface area contributed by atoms with Crippen molar-refractivity contribution >= 4 is 6.03 Å². The number of carbonyl (C=O) groups is 1. The zero-order valence-corrected chi connectivity index (χ0v) is 5.73. The maximum atomic E-state index is 12.6. The van der Waals surface area contributed by atoms with Crippen LogP contribution >= 0.6 is 0 Å². The summed E-state index contributed by atoms with van der Waals surface area (Å²) in [6.07, 6.45) is -0.452. The maximum Gasteiger partial charge on any atom is 0.315 e. The molecule has 1 saturated carbocycles. The molecule has 0 aromatic rings. The van der Waals surface area contributed by atoms with Crippen LogP contribution in [-0.4, -0.2) is 24.0 Å². The van der Waals surface area contributed by atoms with Gasteiger partial charge in [0.15, 0.2) is 0 Å². The second-order valence-electron chi connectivity index (χ2n) is 3.09. The van der Waals surface area contributed by atoms with Gasteiger partial charge in [-0.25, -0.2) is 13.6 Å². The van der Waals surface area contributed by atoms with Gasteiger partial charge in [0.05, 0.1) is 12.1 Å². The van der Waals surface area contributed by atoms with E-state index in [9.17, 15) is 13.6 Å². The molecule has 2 amide bonds. The lowest BCUT2D eigenvalue weighted by molar-refractivity contribution is 0.00477. The molecule has 2 N–H and O–H groups in total. The van der Waals surface area contributed by atoms with E-state index in [-0.39, 0.29) is 31.0 Å². The molecule has 0 spiro atoms. The Labute approximate surface area is 62.1 Å². The van der Waals surface area contributed by atoms with Crippen LogP contribution in [0.5, 0.6) is 0 Å². The number of nitrogens with one attached hydrogen (secondary N) is 2. The number of halogens is 2. The standard InChI is InChI=1S/C6H8F2N2O/c7-6(8)1-3-4(2-6)10-5(11)9-3/h3-4H,1-2H2,(H2,9,10,11). The molecule has 3 nitrogen and oxygen atoms in total. The topological polar surface area (TPSA) is 41.1 Å². The Hall–Kier alpha value is -0.870. The van der Waals surface area contributed by atoms with Crippen LogP contribution in [0.15, 0.2) is 0 Å². The molecule has 0 bridgehead atoms. The van der Waals surface area contributed by atoms with E-state index < -0.39 is 5.92 Å². The molecule has 2 rings (SSSR count). The Bertz CT molecular complexity index is 189. The molecular formula is C6H8F2N2O.